The van der Waals surface area contributed by atoms with Crippen molar-refractivity contribution in [3.05, 3.63) is 55.0 Å². The molecule has 0 saturated heterocycles. The van der Waals surface area contributed by atoms with Gasteiger partial charge >= 0.3 is 0 Å². The minimum absolute atomic E-state index is 0.146. The Labute approximate surface area is 160 Å². The normalized spacial score (nSPS) is 19.6. The number of aromatic nitrogens is 6. The van der Waals surface area contributed by atoms with E-state index in [9.17, 15) is 4.79 Å². The molecule has 27 heavy (non-hydrogen) atoms. The second kappa shape index (κ2) is 8.26. The Bertz CT molecular complexity index is 880. The monoisotopic (exact) mass is 381 g/mol. The Morgan fingerprint density at radius 2 is 1.78 bits per heavy atom. The molecule has 9 heteroatoms. The molecule has 0 aromatic carbocycles. The number of nitrogens with one attached hydrogen (secondary N) is 1. The number of rotatable bonds is 5. The topological polar surface area (TPSA) is 98.5 Å². The fourth-order valence-electron chi connectivity index (χ4n) is 3.09. The molecular weight excluding hydrogens is 362 g/mol. The molecule has 1 saturated carbocycles. The minimum atomic E-state index is -0.146. The summed E-state index contributed by atoms with van der Waals surface area (Å²) in [5.41, 5.74) is 0.399. The molecule has 0 unspecified atom stereocenters. The van der Waals surface area contributed by atoms with Crippen molar-refractivity contribution >= 4 is 17.7 Å². The van der Waals surface area contributed by atoms with Gasteiger partial charge in [-0.05, 0) is 43.9 Å². The van der Waals surface area contributed by atoms with Gasteiger partial charge in [-0.2, -0.15) is 0 Å². The van der Waals surface area contributed by atoms with Crippen molar-refractivity contribution in [3.63, 3.8) is 0 Å². The second-order valence-electron chi connectivity index (χ2n) is 6.35. The largest absolute Gasteiger partial charge is 0.348 e. The summed E-state index contributed by atoms with van der Waals surface area (Å²) >= 11 is 1.72. The lowest BCUT2D eigenvalue weighted by Crippen LogP contribution is -2.38. The molecule has 1 amide bonds. The molecule has 3 aromatic rings. The molecule has 4 rings (SSSR count). The average molecular weight is 381 g/mol. The first-order valence-electron chi connectivity index (χ1n) is 8.84. The van der Waals surface area contributed by atoms with Crippen molar-refractivity contribution in [1.29, 1.82) is 0 Å². The first-order chi connectivity index (χ1) is 13.3. The van der Waals surface area contributed by atoms with Gasteiger partial charge in [-0.3, -0.25) is 9.36 Å². The molecule has 1 aliphatic carbocycles. The standard InChI is InChI=1S/C18H19N7OS/c26-17(15-3-1-4-16(24-15)25-11-21-22-12-25)23-13-5-7-14(8-6-13)27-18-19-9-2-10-20-18/h1-4,9-14H,5-8H2,(H,23,26). The molecular formula is C18H19N7OS. The van der Waals surface area contributed by atoms with Gasteiger partial charge in [-0.1, -0.05) is 17.8 Å². The van der Waals surface area contributed by atoms with Crippen molar-refractivity contribution in [3.8, 4) is 5.82 Å². The highest BCUT2D eigenvalue weighted by Crippen LogP contribution is 2.31. The van der Waals surface area contributed by atoms with E-state index in [-0.39, 0.29) is 11.9 Å². The van der Waals surface area contributed by atoms with Gasteiger partial charge in [0.05, 0.1) is 0 Å². The molecule has 0 bridgehead atoms. The molecule has 0 atom stereocenters. The third-order valence-corrected chi connectivity index (χ3v) is 5.70. The van der Waals surface area contributed by atoms with Crippen molar-refractivity contribution in [2.24, 2.45) is 0 Å². The van der Waals surface area contributed by atoms with E-state index < -0.39 is 0 Å². The summed E-state index contributed by atoms with van der Waals surface area (Å²) in [7, 11) is 0. The first kappa shape index (κ1) is 17.6. The zero-order chi connectivity index (χ0) is 18.5. The van der Waals surface area contributed by atoms with E-state index in [1.807, 2.05) is 18.2 Å². The highest BCUT2D eigenvalue weighted by atomic mass is 32.2. The number of nitrogens with zero attached hydrogens (tertiary/aromatic N) is 6. The number of thioether (sulfide) groups is 1. The van der Waals surface area contributed by atoms with Crippen molar-refractivity contribution in [2.75, 3.05) is 0 Å². The van der Waals surface area contributed by atoms with E-state index in [1.165, 1.54) is 0 Å². The highest BCUT2D eigenvalue weighted by Gasteiger charge is 2.24. The predicted octanol–water partition coefficient (Wildman–Crippen LogP) is 2.29. The quantitative estimate of drug-likeness (QED) is 0.677. The van der Waals surface area contributed by atoms with Gasteiger partial charge in [0.25, 0.3) is 5.91 Å². The van der Waals surface area contributed by atoms with Crippen LogP contribution in [0.1, 0.15) is 36.2 Å². The Balaban J connectivity index is 1.31. The molecule has 1 fully saturated rings. The van der Waals surface area contributed by atoms with E-state index in [2.05, 4.69) is 30.5 Å². The summed E-state index contributed by atoms with van der Waals surface area (Å²) in [5.74, 6) is 0.475. The van der Waals surface area contributed by atoms with Crippen LogP contribution in [0.3, 0.4) is 0 Å². The van der Waals surface area contributed by atoms with E-state index in [0.717, 1.165) is 30.8 Å². The van der Waals surface area contributed by atoms with Gasteiger partial charge in [0.1, 0.15) is 24.2 Å². The summed E-state index contributed by atoms with van der Waals surface area (Å²) < 4.78 is 1.67. The third kappa shape index (κ3) is 4.48. The van der Waals surface area contributed by atoms with E-state index in [1.54, 1.807) is 47.4 Å². The number of pyridine rings is 1. The number of hydrogen-bond acceptors (Lipinski definition) is 7. The van der Waals surface area contributed by atoms with Crippen LogP contribution in [0.15, 0.2) is 54.5 Å². The van der Waals surface area contributed by atoms with Crippen LogP contribution in [0.2, 0.25) is 0 Å². The van der Waals surface area contributed by atoms with Crippen LogP contribution in [0, 0.1) is 0 Å². The zero-order valence-corrected chi connectivity index (χ0v) is 15.4. The van der Waals surface area contributed by atoms with Gasteiger partial charge in [-0.25, -0.2) is 15.0 Å². The maximum Gasteiger partial charge on any atom is 0.270 e. The molecule has 138 valence electrons. The molecule has 0 radical (unpaired) electrons. The number of carbonyl (C=O) groups is 1. The SMILES string of the molecule is O=C(NC1CCC(Sc2ncccn2)CC1)c1cccc(-n2cnnc2)n1. The van der Waals surface area contributed by atoms with E-state index >= 15 is 0 Å². The second-order valence-corrected chi connectivity index (χ2v) is 7.61. The Morgan fingerprint density at radius 1 is 1.04 bits per heavy atom. The maximum absolute atomic E-state index is 12.6. The minimum Gasteiger partial charge on any atom is -0.348 e. The summed E-state index contributed by atoms with van der Waals surface area (Å²) in [6, 6.07) is 7.34. The molecule has 0 spiro atoms. The maximum atomic E-state index is 12.6. The summed E-state index contributed by atoms with van der Waals surface area (Å²) in [6.45, 7) is 0. The van der Waals surface area contributed by atoms with Gasteiger partial charge in [-0.15, -0.1) is 10.2 Å². The van der Waals surface area contributed by atoms with Crippen LogP contribution < -0.4 is 5.32 Å². The lowest BCUT2D eigenvalue weighted by Gasteiger charge is -2.28. The number of carbonyl (C=O) groups excluding carboxylic acids is 1. The molecule has 3 heterocycles. The molecule has 1 aliphatic rings. The zero-order valence-electron chi connectivity index (χ0n) is 14.6. The fourth-order valence-corrected chi connectivity index (χ4v) is 4.14. The van der Waals surface area contributed by atoms with Crippen LogP contribution in [0.4, 0.5) is 0 Å². The molecule has 0 aliphatic heterocycles. The van der Waals surface area contributed by atoms with Crippen LogP contribution in [-0.2, 0) is 0 Å². The van der Waals surface area contributed by atoms with Crippen molar-refractivity contribution in [2.45, 2.75) is 42.1 Å². The smallest absolute Gasteiger partial charge is 0.270 e. The lowest BCUT2D eigenvalue weighted by molar-refractivity contribution is 0.0923. The van der Waals surface area contributed by atoms with Crippen molar-refractivity contribution < 1.29 is 4.79 Å². The van der Waals surface area contributed by atoms with Crippen LogP contribution in [0.5, 0.6) is 0 Å². The molecule has 8 nitrogen and oxygen atoms in total. The first-order valence-corrected chi connectivity index (χ1v) is 9.72. The predicted molar refractivity (Wildman–Crippen MR) is 101 cm³/mol. The van der Waals surface area contributed by atoms with Crippen LogP contribution in [0.25, 0.3) is 5.82 Å². The van der Waals surface area contributed by atoms with E-state index in [0.29, 0.717) is 16.8 Å². The van der Waals surface area contributed by atoms with Gasteiger partial charge < -0.3 is 5.32 Å². The van der Waals surface area contributed by atoms with Crippen LogP contribution in [-0.4, -0.2) is 46.9 Å². The lowest BCUT2D eigenvalue weighted by atomic mass is 9.95. The molecule has 3 aromatic heterocycles. The fraction of sp³-hybridized carbons (Fsp3) is 0.333. The third-order valence-electron chi connectivity index (χ3n) is 4.47. The van der Waals surface area contributed by atoms with E-state index in [4.69, 9.17) is 0 Å². The van der Waals surface area contributed by atoms with Crippen LogP contribution >= 0.6 is 11.8 Å². The van der Waals surface area contributed by atoms with Crippen molar-refractivity contribution in [1.82, 2.24) is 35.0 Å². The highest BCUT2D eigenvalue weighted by molar-refractivity contribution is 7.99. The van der Waals surface area contributed by atoms with Gasteiger partial charge in [0.15, 0.2) is 5.16 Å². The molecule has 1 N–H and O–H groups in total. The Morgan fingerprint density at radius 3 is 2.52 bits per heavy atom. The Hall–Kier alpha value is -2.81. The Kier molecular flexibility index (Phi) is 5.38. The number of amides is 1. The average Bonchev–Trinajstić information content (AvgIpc) is 3.25. The summed E-state index contributed by atoms with van der Waals surface area (Å²) in [6.07, 6.45) is 10.6. The summed E-state index contributed by atoms with van der Waals surface area (Å²) in [4.78, 5) is 25.5. The number of hydrogen-bond donors (Lipinski definition) is 1. The van der Waals surface area contributed by atoms with Gasteiger partial charge in [0, 0.05) is 23.7 Å². The van der Waals surface area contributed by atoms with Gasteiger partial charge in [0.2, 0.25) is 0 Å². The summed E-state index contributed by atoms with van der Waals surface area (Å²) in [5, 5.41) is 12.0.